The molecule has 1 unspecified atom stereocenters. The number of aromatic nitrogens is 5. The van der Waals surface area contributed by atoms with Gasteiger partial charge in [0, 0.05) is 6.20 Å². The summed E-state index contributed by atoms with van der Waals surface area (Å²) < 4.78 is 1.58. The second kappa shape index (κ2) is 6.23. The van der Waals surface area contributed by atoms with Crippen molar-refractivity contribution in [3.05, 3.63) is 23.9 Å². The fourth-order valence-electron chi connectivity index (χ4n) is 2.16. The molecule has 106 valence electrons. The van der Waals surface area contributed by atoms with Crippen molar-refractivity contribution in [3.8, 4) is 11.5 Å². The van der Waals surface area contributed by atoms with Crippen LogP contribution in [0.4, 0.5) is 0 Å². The normalized spacial score (nSPS) is 12.3. The third kappa shape index (κ3) is 2.98. The molecule has 0 aliphatic carbocycles. The largest absolute Gasteiger partial charge is 0.481 e. The van der Waals surface area contributed by atoms with Gasteiger partial charge in [0.2, 0.25) is 5.82 Å². The van der Waals surface area contributed by atoms with Crippen LogP contribution in [-0.2, 0) is 4.79 Å². The molecule has 0 aliphatic heterocycles. The van der Waals surface area contributed by atoms with Crippen LogP contribution in [0.25, 0.3) is 11.5 Å². The molecular formula is C13H17N5O2. The number of hydrogen-bond acceptors (Lipinski definition) is 5. The van der Waals surface area contributed by atoms with E-state index in [-0.39, 0.29) is 12.5 Å². The highest BCUT2D eigenvalue weighted by molar-refractivity contribution is 5.67. The van der Waals surface area contributed by atoms with E-state index in [1.807, 2.05) is 26.0 Å². The summed E-state index contributed by atoms with van der Waals surface area (Å²) in [5.74, 6) is -0.342. The number of aryl methyl sites for hydroxylation is 1. The van der Waals surface area contributed by atoms with E-state index in [1.54, 1.807) is 10.9 Å². The zero-order valence-corrected chi connectivity index (χ0v) is 11.5. The molecule has 0 aliphatic rings. The third-order valence-electron chi connectivity index (χ3n) is 3.09. The molecule has 0 aromatic carbocycles. The Hall–Kier alpha value is -2.31. The van der Waals surface area contributed by atoms with Gasteiger partial charge in [-0.25, -0.2) is 4.68 Å². The summed E-state index contributed by atoms with van der Waals surface area (Å²) in [5.41, 5.74) is 1.64. The van der Waals surface area contributed by atoms with Crippen molar-refractivity contribution in [3.63, 3.8) is 0 Å². The molecule has 20 heavy (non-hydrogen) atoms. The molecule has 2 aromatic heterocycles. The molecule has 2 heterocycles. The summed E-state index contributed by atoms with van der Waals surface area (Å²) in [5, 5.41) is 20.7. The van der Waals surface area contributed by atoms with Crippen LogP contribution < -0.4 is 0 Å². The van der Waals surface area contributed by atoms with Gasteiger partial charge in [-0.05, 0) is 35.4 Å². The van der Waals surface area contributed by atoms with Gasteiger partial charge in [0.25, 0.3) is 0 Å². The molecule has 7 heteroatoms. The zero-order valence-electron chi connectivity index (χ0n) is 11.5. The smallest absolute Gasteiger partial charge is 0.305 e. The molecule has 0 fully saturated rings. The summed E-state index contributed by atoms with van der Waals surface area (Å²) in [7, 11) is 0. The van der Waals surface area contributed by atoms with Crippen molar-refractivity contribution in [2.45, 2.75) is 39.2 Å². The Morgan fingerprint density at radius 2 is 2.30 bits per heavy atom. The van der Waals surface area contributed by atoms with Crippen molar-refractivity contribution >= 4 is 5.97 Å². The number of carbonyl (C=O) groups is 1. The lowest BCUT2D eigenvalue weighted by molar-refractivity contribution is -0.138. The standard InChI is InChI=1S/C13H17N5O2/c1-3-5-10(8-11(19)20)18-13(15-16-17-18)12-9(2)6-4-7-14-12/h4,6-7,10H,3,5,8H2,1-2H3,(H,19,20). The number of carboxylic acid groups (broad SMARTS) is 1. The van der Waals surface area contributed by atoms with Gasteiger partial charge in [-0.2, -0.15) is 0 Å². The maximum atomic E-state index is 11.0. The van der Waals surface area contributed by atoms with Gasteiger partial charge in [-0.15, -0.1) is 5.10 Å². The van der Waals surface area contributed by atoms with Gasteiger partial charge in [0.05, 0.1) is 12.5 Å². The molecule has 1 N–H and O–H groups in total. The quantitative estimate of drug-likeness (QED) is 0.864. The number of carboxylic acids is 1. The molecule has 2 rings (SSSR count). The predicted molar refractivity (Wildman–Crippen MR) is 72.0 cm³/mol. The van der Waals surface area contributed by atoms with Crippen LogP contribution in [0.15, 0.2) is 18.3 Å². The average molecular weight is 275 g/mol. The Labute approximate surface area is 116 Å². The number of pyridine rings is 1. The first-order valence-corrected chi connectivity index (χ1v) is 6.55. The zero-order chi connectivity index (χ0) is 14.5. The van der Waals surface area contributed by atoms with E-state index in [4.69, 9.17) is 5.11 Å². The molecule has 1 atom stereocenters. The highest BCUT2D eigenvalue weighted by Crippen LogP contribution is 2.24. The molecule has 0 bridgehead atoms. The van der Waals surface area contributed by atoms with E-state index >= 15 is 0 Å². The molecule has 0 saturated heterocycles. The van der Waals surface area contributed by atoms with Gasteiger partial charge in [0.1, 0.15) is 5.69 Å². The van der Waals surface area contributed by atoms with Gasteiger partial charge < -0.3 is 5.11 Å². The first-order valence-electron chi connectivity index (χ1n) is 6.55. The van der Waals surface area contributed by atoms with E-state index in [9.17, 15) is 4.79 Å². The lowest BCUT2D eigenvalue weighted by Crippen LogP contribution is -2.16. The van der Waals surface area contributed by atoms with Gasteiger partial charge in [0.15, 0.2) is 0 Å². The minimum Gasteiger partial charge on any atom is -0.481 e. The monoisotopic (exact) mass is 275 g/mol. The predicted octanol–water partition coefficient (Wildman–Crippen LogP) is 1.86. The van der Waals surface area contributed by atoms with E-state index < -0.39 is 5.97 Å². The Balaban J connectivity index is 2.40. The first-order chi connectivity index (χ1) is 9.63. The Bertz CT molecular complexity index is 596. The minimum absolute atomic E-state index is 0.00222. The minimum atomic E-state index is -0.859. The maximum absolute atomic E-state index is 11.0. The van der Waals surface area contributed by atoms with E-state index in [1.165, 1.54) is 0 Å². The summed E-state index contributed by atoms with van der Waals surface area (Å²) >= 11 is 0. The molecule has 7 nitrogen and oxygen atoms in total. The van der Waals surface area contributed by atoms with Crippen LogP contribution in [0.2, 0.25) is 0 Å². The molecular weight excluding hydrogens is 258 g/mol. The fraction of sp³-hybridized carbons (Fsp3) is 0.462. The van der Waals surface area contributed by atoms with Crippen molar-refractivity contribution < 1.29 is 9.90 Å². The van der Waals surface area contributed by atoms with Gasteiger partial charge in [-0.3, -0.25) is 9.78 Å². The Morgan fingerprint density at radius 3 is 2.95 bits per heavy atom. The van der Waals surface area contributed by atoms with Crippen LogP contribution in [0.3, 0.4) is 0 Å². The van der Waals surface area contributed by atoms with E-state index in [0.717, 1.165) is 12.0 Å². The van der Waals surface area contributed by atoms with E-state index in [2.05, 4.69) is 20.5 Å². The van der Waals surface area contributed by atoms with Crippen LogP contribution in [-0.4, -0.2) is 36.3 Å². The van der Waals surface area contributed by atoms with Crippen molar-refractivity contribution in [2.24, 2.45) is 0 Å². The summed E-state index contributed by atoms with van der Waals surface area (Å²) in [6.45, 7) is 3.93. The van der Waals surface area contributed by atoms with E-state index in [0.29, 0.717) is 17.9 Å². The number of nitrogens with zero attached hydrogens (tertiary/aromatic N) is 5. The van der Waals surface area contributed by atoms with Crippen LogP contribution in [0, 0.1) is 6.92 Å². The number of aliphatic carboxylic acids is 1. The fourth-order valence-corrected chi connectivity index (χ4v) is 2.16. The van der Waals surface area contributed by atoms with Crippen LogP contribution >= 0.6 is 0 Å². The maximum Gasteiger partial charge on any atom is 0.305 e. The van der Waals surface area contributed by atoms with Crippen LogP contribution in [0.5, 0.6) is 0 Å². The SMILES string of the molecule is CCCC(CC(=O)O)n1nnnc1-c1ncccc1C. The highest BCUT2D eigenvalue weighted by atomic mass is 16.4. The first kappa shape index (κ1) is 14.1. The molecule has 2 aromatic rings. The number of hydrogen-bond donors (Lipinski definition) is 1. The average Bonchev–Trinajstić information content (AvgIpc) is 2.87. The highest BCUT2D eigenvalue weighted by Gasteiger charge is 2.21. The molecule has 0 radical (unpaired) electrons. The van der Waals surface area contributed by atoms with Crippen molar-refractivity contribution in [1.29, 1.82) is 0 Å². The number of tetrazole rings is 1. The summed E-state index contributed by atoms with van der Waals surface area (Å²) in [6, 6.07) is 3.50. The molecule has 0 spiro atoms. The molecule has 0 saturated carbocycles. The Morgan fingerprint density at radius 1 is 1.50 bits per heavy atom. The lowest BCUT2D eigenvalue weighted by atomic mass is 10.1. The number of rotatable bonds is 6. The van der Waals surface area contributed by atoms with Crippen LogP contribution in [0.1, 0.15) is 37.8 Å². The Kier molecular flexibility index (Phi) is 4.39. The lowest BCUT2D eigenvalue weighted by Gasteiger charge is -2.15. The summed E-state index contributed by atoms with van der Waals surface area (Å²) in [4.78, 5) is 15.3. The van der Waals surface area contributed by atoms with Gasteiger partial charge >= 0.3 is 5.97 Å². The third-order valence-corrected chi connectivity index (χ3v) is 3.09. The summed E-state index contributed by atoms with van der Waals surface area (Å²) in [6.07, 6.45) is 3.24. The topological polar surface area (TPSA) is 93.8 Å². The van der Waals surface area contributed by atoms with Gasteiger partial charge in [-0.1, -0.05) is 19.4 Å². The van der Waals surface area contributed by atoms with Crippen molar-refractivity contribution in [1.82, 2.24) is 25.2 Å². The second-order valence-electron chi connectivity index (χ2n) is 4.66. The second-order valence-corrected chi connectivity index (χ2v) is 4.66. The molecule has 0 amide bonds. The van der Waals surface area contributed by atoms with Crippen molar-refractivity contribution in [2.75, 3.05) is 0 Å².